The van der Waals surface area contributed by atoms with Crippen LogP contribution >= 0.6 is 0 Å². The van der Waals surface area contributed by atoms with Gasteiger partial charge in [-0.15, -0.1) is 0 Å². The number of esters is 1. The Morgan fingerprint density at radius 1 is 0.338 bits per heavy atom. The number of nitrogens with one attached hydrogen (secondary N) is 1. The smallest absolute Gasteiger partial charge is 0.305 e. The minimum absolute atomic E-state index is 0.0232. The van der Waals surface area contributed by atoms with Crippen LogP contribution in [0.15, 0.2) is 0 Å². The van der Waals surface area contributed by atoms with Gasteiger partial charge in [0.1, 0.15) is 0 Å². The zero-order valence-electron chi connectivity index (χ0n) is 48.5. The molecule has 0 aromatic heterocycles. The molecule has 0 aromatic rings. The monoisotopic (exact) mass is 1000 g/mol. The fourth-order valence-corrected chi connectivity index (χ4v) is 10.6. The zero-order chi connectivity index (χ0) is 51.4. The topological polar surface area (TPSA) is 95.9 Å². The number of carbonyl (C=O) groups is 2. The fourth-order valence-electron chi connectivity index (χ4n) is 10.6. The second-order valence-corrected chi connectivity index (χ2v) is 22.8. The summed E-state index contributed by atoms with van der Waals surface area (Å²) < 4.78 is 5.50. The SMILES string of the molecule is CCCCCCCCCCCCCCCCCC(=O)OCCCCCCCCCCCCCCCCCCCCCCCCCCCCCCCC(=O)NC(CO)C(O)CCCCCCCCCCCC. The lowest BCUT2D eigenvalue weighted by Crippen LogP contribution is -2.45. The van der Waals surface area contributed by atoms with E-state index in [0.29, 0.717) is 25.9 Å². The Labute approximate surface area is 445 Å². The van der Waals surface area contributed by atoms with Crippen molar-refractivity contribution in [2.75, 3.05) is 13.2 Å². The molecule has 0 aliphatic rings. The standard InChI is InChI=1S/C65H129NO5/c1-3-5-7-9-11-13-15-16-32-36-39-43-47-51-55-59-65(70)71-60-56-52-48-44-40-37-34-31-29-27-25-23-21-19-17-18-20-22-24-26-28-30-33-35-38-42-46-50-54-58-64(69)66-62(61-67)63(68)57-53-49-45-41-14-12-10-8-6-4-2/h62-63,67-68H,3-61H2,1-2H3,(H,66,69). The summed E-state index contributed by atoms with van der Waals surface area (Å²) in [7, 11) is 0. The van der Waals surface area contributed by atoms with Crippen LogP contribution in [-0.2, 0) is 14.3 Å². The van der Waals surface area contributed by atoms with E-state index in [0.717, 1.165) is 38.5 Å². The van der Waals surface area contributed by atoms with E-state index in [1.807, 2.05) is 0 Å². The normalized spacial score (nSPS) is 12.5. The first kappa shape index (κ1) is 69.9. The van der Waals surface area contributed by atoms with Gasteiger partial charge in [-0.1, -0.05) is 341 Å². The van der Waals surface area contributed by atoms with E-state index in [9.17, 15) is 19.8 Å². The lowest BCUT2D eigenvalue weighted by molar-refractivity contribution is -0.143. The maximum Gasteiger partial charge on any atom is 0.305 e. The van der Waals surface area contributed by atoms with Crippen molar-refractivity contribution in [2.24, 2.45) is 0 Å². The van der Waals surface area contributed by atoms with Gasteiger partial charge in [-0.2, -0.15) is 0 Å². The van der Waals surface area contributed by atoms with Gasteiger partial charge >= 0.3 is 5.97 Å². The average Bonchev–Trinajstić information content (AvgIpc) is 3.37. The van der Waals surface area contributed by atoms with Gasteiger partial charge in [0.05, 0.1) is 25.4 Å². The van der Waals surface area contributed by atoms with Crippen LogP contribution < -0.4 is 5.32 Å². The highest BCUT2D eigenvalue weighted by Gasteiger charge is 2.20. The molecule has 0 aliphatic heterocycles. The van der Waals surface area contributed by atoms with Crippen molar-refractivity contribution in [3.05, 3.63) is 0 Å². The summed E-state index contributed by atoms with van der Waals surface area (Å²) in [5.41, 5.74) is 0. The molecule has 0 fully saturated rings. The van der Waals surface area contributed by atoms with Crippen molar-refractivity contribution < 1.29 is 24.5 Å². The van der Waals surface area contributed by atoms with E-state index in [1.54, 1.807) is 0 Å². The summed E-state index contributed by atoms with van der Waals surface area (Å²) in [6.45, 7) is 4.98. The molecule has 0 heterocycles. The molecule has 0 saturated carbocycles. The van der Waals surface area contributed by atoms with Gasteiger partial charge in [0.25, 0.3) is 0 Å². The third kappa shape index (κ3) is 58.0. The van der Waals surface area contributed by atoms with E-state index >= 15 is 0 Å². The number of aliphatic hydroxyl groups is 2. The quantitative estimate of drug-likeness (QED) is 0.0417. The molecule has 0 bridgehead atoms. The number of hydrogen-bond acceptors (Lipinski definition) is 5. The highest BCUT2D eigenvalue weighted by atomic mass is 16.5. The van der Waals surface area contributed by atoms with E-state index in [-0.39, 0.29) is 18.5 Å². The lowest BCUT2D eigenvalue weighted by atomic mass is 10.0. The average molecular weight is 1000 g/mol. The molecule has 6 nitrogen and oxygen atoms in total. The largest absolute Gasteiger partial charge is 0.466 e. The third-order valence-corrected chi connectivity index (χ3v) is 15.7. The van der Waals surface area contributed by atoms with Crippen molar-refractivity contribution in [3.8, 4) is 0 Å². The Morgan fingerprint density at radius 2 is 0.577 bits per heavy atom. The molecule has 0 saturated heterocycles. The van der Waals surface area contributed by atoms with Crippen molar-refractivity contribution in [1.82, 2.24) is 5.32 Å². The first-order valence-corrected chi connectivity index (χ1v) is 32.8. The minimum atomic E-state index is -0.658. The van der Waals surface area contributed by atoms with Gasteiger partial charge in [0.2, 0.25) is 5.91 Å². The van der Waals surface area contributed by atoms with Crippen molar-refractivity contribution >= 4 is 11.9 Å². The van der Waals surface area contributed by atoms with Crippen LogP contribution in [-0.4, -0.2) is 47.4 Å². The van der Waals surface area contributed by atoms with Crippen LogP contribution in [0.2, 0.25) is 0 Å². The number of rotatable bonds is 62. The molecule has 1 amide bonds. The Morgan fingerprint density at radius 3 is 0.859 bits per heavy atom. The van der Waals surface area contributed by atoms with Crippen molar-refractivity contribution in [1.29, 1.82) is 0 Å². The van der Waals surface area contributed by atoms with Crippen LogP contribution in [0.1, 0.15) is 380 Å². The Balaban J connectivity index is 3.29. The summed E-state index contributed by atoms with van der Waals surface area (Å²) in [6, 6.07) is -0.535. The van der Waals surface area contributed by atoms with Crippen LogP contribution in [0.3, 0.4) is 0 Å². The molecule has 2 unspecified atom stereocenters. The molecule has 424 valence electrons. The summed E-state index contributed by atoms with van der Waals surface area (Å²) in [6.07, 6.45) is 72.9. The molecule has 0 aliphatic carbocycles. The summed E-state index contributed by atoms with van der Waals surface area (Å²) in [4.78, 5) is 24.5. The molecule has 0 spiro atoms. The number of carbonyl (C=O) groups excluding carboxylic acids is 2. The molecule has 6 heteroatoms. The van der Waals surface area contributed by atoms with E-state index in [1.165, 1.54) is 308 Å². The third-order valence-electron chi connectivity index (χ3n) is 15.7. The van der Waals surface area contributed by atoms with Gasteiger partial charge in [-0.05, 0) is 25.7 Å². The predicted octanol–water partition coefficient (Wildman–Crippen LogP) is 20.6. The highest BCUT2D eigenvalue weighted by Crippen LogP contribution is 2.19. The van der Waals surface area contributed by atoms with Crippen molar-refractivity contribution in [3.63, 3.8) is 0 Å². The second kappa shape index (κ2) is 61.4. The summed E-state index contributed by atoms with van der Waals surface area (Å²) in [5, 5.41) is 23.2. The van der Waals surface area contributed by atoms with Crippen LogP contribution in [0.5, 0.6) is 0 Å². The fraction of sp³-hybridized carbons (Fsp3) is 0.969. The minimum Gasteiger partial charge on any atom is -0.466 e. The Hall–Kier alpha value is -1.14. The van der Waals surface area contributed by atoms with Gasteiger partial charge < -0.3 is 20.3 Å². The number of amides is 1. The zero-order valence-corrected chi connectivity index (χ0v) is 48.5. The maximum atomic E-state index is 12.4. The van der Waals surface area contributed by atoms with Gasteiger partial charge in [0, 0.05) is 12.8 Å². The van der Waals surface area contributed by atoms with Gasteiger partial charge in [-0.25, -0.2) is 0 Å². The van der Waals surface area contributed by atoms with Crippen LogP contribution in [0.25, 0.3) is 0 Å². The molecule has 0 radical (unpaired) electrons. The van der Waals surface area contributed by atoms with Gasteiger partial charge in [-0.3, -0.25) is 9.59 Å². The number of hydrogen-bond donors (Lipinski definition) is 3. The first-order valence-electron chi connectivity index (χ1n) is 32.8. The number of unbranched alkanes of at least 4 members (excludes halogenated alkanes) is 51. The molecule has 2 atom stereocenters. The van der Waals surface area contributed by atoms with E-state index < -0.39 is 12.1 Å². The number of ether oxygens (including phenoxy) is 1. The summed E-state index contributed by atoms with van der Waals surface area (Å²) >= 11 is 0. The molecule has 0 rings (SSSR count). The maximum absolute atomic E-state index is 12.4. The molecular weight excluding hydrogens is 875 g/mol. The summed E-state index contributed by atoms with van der Waals surface area (Å²) in [5.74, 6) is -0.00758. The number of aliphatic hydroxyl groups excluding tert-OH is 2. The van der Waals surface area contributed by atoms with Gasteiger partial charge in [0.15, 0.2) is 0 Å². The molecule has 71 heavy (non-hydrogen) atoms. The highest BCUT2D eigenvalue weighted by molar-refractivity contribution is 5.76. The van der Waals surface area contributed by atoms with Crippen molar-refractivity contribution in [2.45, 2.75) is 392 Å². The Kier molecular flexibility index (Phi) is 60.4. The van der Waals surface area contributed by atoms with E-state index in [4.69, 9.17) is 4.74 Å². The van der Waals surface area contributed by atoms with Crippen LogP contribution in [0, 0.1) is 0 Å². The Bertz CT molecular complexity index is 1020. The first-order chi connectivity index (χ1) is 35.0. The lowest BCUT2D eigenvalue weighted by Gasteiger charge is -2.22. The molecular formula is C65H129NO5. The molecule has 0 aromatic carbocycles. The van der Waals surface area contributed by atoms with E-state index in [2.05, 4.69) is 19.2 Å². The predicted molar refractivity (Wildman–Crippen MR) is 310 cm³/mol. The van der Waals surface area contributed by atoms with Crippen LogP contribution in [0.4, 0.5) is 0 Å². The second-order valence-electron chi connectivity index (χ2n) is 22.8. The molecule has 3 N–H and O–H groups in total.